The van der Waals surface area contributed by atoms with E-state index in [9.17, 15) is 10.1 Å². The zero-order valence-corrected chi connectivity index (χ0v) is 8.88. The summed E-state index contributed by atoms with van der Waals surface area (Å²) in [4.78, 5) is 11.8. The summed E-state index contributed by atoms with van der Waals surface area (Å²) in [6.07, 6.45) is 0.382. The third-order valence-corrected chi connectivity index (χ3v) is 2.19. The van der Waals surface area contributed by atoms with Crippen molar-refractivity contribution < 1.29 is 4.92 Å². The van der Waals surface area contributed by atoms with Crippen LogP contribution < -0.4 is 10.6 Å². The first-order valence-corrected chi connectivity index (χ1v) is 4.68. The van der Waals surface area contributed by atoms with E-state index in [-0.39, 0.29) is 5.69 Å². The molecule has 0 heterocycles. The van der Waals surface area contributed by atoms with Gasteiger partial charge in [-0.2, -0.15) is 5.26 Å². The van der Waals surface area contributed by atoms with Crippen LogP contribution in [0, 0.1) is 21.4 Å². The van der Waals surface area contributed by atoms with Crippen LogP contribution in [0.3, 0.4) is 0 Å². The molecule has 0 bridgehead atoms. The van der Waals surface area contributed by atoms with Gasteiger partial charge in [0.1, 0.15) is 0 Å². The highest BCUT2D eigenvalue weighted by Crippen LogP contribution is 2.26. The van der Waals surface area contributed by atoms with Crippen LogP contribution in [-0.2, 0) is 0 Å². The van der Waals surface area contributed by atoms with Gasteiger partial charge in [0.2, 0.25) is 0 Å². The molecule has 6 nitrogen and oxygen atoms in total. The molecule has 16 heavy (non-hydrogen) atoms. The van der Waals surface area contributed by atoms with Crippen LogP contribution in [0.15, 0.2) is 18.2 Å². The van der Waals surface area contributed by atoms with Gasteiger partial charge in [-0.1, -0.05) is 0 Å². The number of nitro groups is 1. The van der Waals surface area contributed by atoms with E-state index >= 15 is 0 Å². The standard InChI is InChI=1S/C10H12N4O2/c1-13(6-2-5-11)10-4-3-8(14(15)16)7-9(10)12/h3-4,7H,2,6,12H2,1H3. The van der Waals surface area contributed by atoms with Crippen molar-refractivity contribution in [1.29, 1.82) is 5.26 Å². The maximum Gasteiger partial charge on any atom is 0.271 e. The van der Waals surface area contributed by atoms with E-state index in [1.807, 2.05) is 6.07 Å². The Kier molecular flexibility index (Phi) is 3.67. The second kappa shape index (κ2) is 4.98. The average molecular weight is 220 g/mol. The van der Waals surface area contributed by atoms with Crippen LogP contribution >= 0.6 is 0 Å². The van der Waals surface area contributed by atoms with E-state index in [0.717, 1.165) is 0 Å². The molecule has 0 saturated heterocycles. The molecule has 0 atom stereocenters. The summed E-state index contributed by atoms with van der Waals surface area (Å²) < 4.78 is 0. The molecule has 0 aliphatic carbocycles. The minimum absolute atomic E-state index is 0.0325. The fourth-order valence-corrected chi connectivity index (χ4v) is 1.34. The number of hydrogen-bond acceptors (Lipinski definition) is 5. The van der Waals surface area contributed by atoms with Gasteiger partial charge in [0.25, 0.3) is 5.69 Å². The van der Waals surface area contributed by atoms with Gasteiger partial charge in [-0.3, -0.25) is 10.1 Å². The molecule has 0 aliphatic rings. The number of nitriles is 1. The van der Waals surface area contributed by atoms with E-state index < -0.39 is 4.92 Å². The molecular formula is C10H12N4O2. The highest BCUT2D eigenvalue weighted by molar-refractivity contribution is 5.70. The number of anilines is 2. The number of benzene rings is 1. The highest BCUT2D eigenvalue weighted by Gasteiger charge is 2.10. The maximum atomic E-state index is 10.5. The molecule has 0 unspecified atom stereocenters. The highest BCUT2D eigenvalue weighted by atomic mass is 16.6. The van der Waals surface area contributed by atoms with E-state index in [1.165, 1.54) is 12.1 Å². The Morgan fingerprint density at radius 3 is 2.81 bits per heavy atom. The molecule has 0 aromatic heterocycles. The molecule has 84 valence electrons. The third kappa shape index (κ3) is 2.60. The van der Waals surface area contributed by atoms with Gasteiger partial charge in [0, 0.05) is 25.7 Å². The maximum absolute atomic E-state index is 10.5. The van der Waals surface area contributed by atoms with E-state index in [1.54, 1.807) is 18.0 Å². The quantitative estimate of drug-likeness (QED) is 0.471. The van der Waals surface area contributed by atoms with Crippen LogP contribution in [-0.4, -0.2) is 18.5 Å². The van der Waals surface area contributed by atoms with Crippen molar-refractivity contribution in [3.05, 3.63) is 28.3 Å². The minimum Gasteiger partial charge on any atom is -0.397 e. The van der Waals surface area contributed by atoms with Crippen molar-refractivity contribution in [2.24, 2.45) is 0 Å². The van der Waals surface area contributed by atoms with Gasteiger partial charge in [-0.05, 0) is 6.07 Å². The average Bonchev–Trinajstić information content (AvgIpc) is 2.25. The molecule has 2 N–H and O–H groups in total. The summed E-state index contributed by atoms with van der Waals surface area (Å²) in [5, 5.41) is 19.0. The van der Waals surface area contributed by atoms with Crippen LogP contribution in [0.2, 0.25) is 0 Å². The molecule has 1 aromatic carbocycles. The molecule has 0 spiro atoms. The molecule has 1 aromatic rings. The fourth-order valence-electron chi connectivity index (χ4n) is 1.34. The Bertz CT molecular complexity index is 439. The molecule has 6 heteroatoms. The fraction of sp³-hybridized carbons (Fsp3) is 0.300. The lowest BCUT2D eigenvalue weighted by Crippen LogP contribution is -2.19. The van der Waals surface area contributed by atoms with Gasteiger partial charge >= 0.3 is 0 Å². The Balaban J connectivity index is 2.91. The first kappa shape index (κ1) is 11.8. The normalized spacial score (nSPS) is 9.50. The summed E-state index contributed by atoms with van der Waals surface area (Å²) in [7, 11) is 1.79. The summed E-state index contributed by atoms with van der Waals surface area (Å²) in [5.74, 6) is 0. The number of nitrogen functional groups attached to an aromatic ring is 1. The van der Waals surface area contributed by atoms with E-state index in [4.69, 9.17) is 11.0 Å². The predicted octanol–water partition coefficient (Wildman–Crippen LogP) is 1.53. The SMILES string of the molecule is CN(CCC#N)c1ccc([N+](=O)[O-])cc1N. The van der Waals surface area contributed by atoms with Crippen molar-refractivity contribution in [3.8, 4) is 6.07 Å². The van der Waals surface area contributed by atoms with Gasteiger partial charge in [-0.15, -0.1) is 0 Å². The second-order valence-electron chi connectivity index (χ2n) is 3.33. The summed E-state index contributed by atoms with van der Waals surface area (Å²) >= 11 is 0. The summed E-state index contributed by atoms with van der Waals surface area (Å²) in [5.41, 5.74) is 6.71. The second-order valence-corrected chi connectivity index (χ2v) is 3.33. The molecular weight excluding hydrogens is 208 g/mol. The molecule has 1 rings (SSSR count). The van der Waals surface area contributed by atoms with Gasteiger partial charge in [0.15, 0.2) is 0 Å². The predicted molar refractivity (Wildman–Crippen MR) is 61.0 cm³/mol. The number of non-ortho nitro benzene ring substituents is 1. The number of nitrogens with two attached hydrogens (primary N) is 1. The van der Waals surface area contributed by atoms with Crippen molar-refractivity contribution in [3.63, 3.8) is 0 Å². The van der Waals surface area contributed by atoms with Crippen molar-refractivity contribution in [2.45, 2.75) is 6.42 Å². The van der Waals surface area contributed by atoms with Gasteiger partial charge in [-0.25, -0.2) is 0 Å². The van der Waals surface area contributed by atoms with E-state index in [2.05, 4.69) is 0 Å². The largest absolute Gasteiger partial charge is 0.397 e. The third-order valence-electron chi connectivity index (χ3n) is 2.19. The van der Waals surface area contributed by atoms with Gasteiger partial charge in [0.05, 0.1) is 28.8 Å². The Hall–Kier alpha value is -2.29. The Labute approximate surface area is 93.0 Å². The van der Waals surface area contributed by atoms with Crippen molar-refractivity contribution in [1.82, 2.24) is 0 Å². The lowest BCUT2D eigenvalue weighted by molar-refractivity contribution is -0.384. The Morgan fingerprint density at radius 1 is 1.62 bits per heavy atom. The minimum atomic E-state index is -0.491. The zero-order valence-electron chi connectivity index (χ0n) is 8.88. The molecule has 0 amide bonds. The van der Waals surface area contributed by atoms with Crippen LogP contribution in [0.5, 0.6) is 0 Å². The first-order chi connectivity index (χ1) is 7.56. The summed E-state index contributed by atoms with van der Waals surface area (Å²) in [6, 6.07) is 6.33. The lowest BCUT2D eigenvalue weighted by Gasteiger charge is -2.19. The van der Waals surface area contributed by atoms with Crippen LogP contribution in [0.4, 0.5) is 17.1 Å². The smallest absolute Gasteiger partial charge is 0.271 e. The van der Waals surface area contributed by atoms with Crippen LogP contribution in [0.1, 0.15) is 6.42 Å². The number of nitro benzene ring substituents is 1. The first-order valence-electron chi connectivity index (χ1n) is 4.68. The molecule has 0 saturated carbocycles. The molecule has 0 radical (unpaired) electrons. The van der Waals surface area contributed by atoms with Crippen molar-refractivity contribution in [2.75, 3.05) is 24.2 Å². The zero-order chi connectivity index (χ0) is 12.1. The molecule has 0 fully saturated rings. The molecule has 0 aliphatic heterocycles. The van der Waals surface area contributed by atoms with Crippen LogP contribution in [0.25, 0.3) is 0 Å². The lowest BCUT2D eigenvalue weighted by atomic mass is 10.2. The van der Waals surface area contributed by atoms with Gasteiger partial charge < -0.3 is 10.6 Å². The van der Waals surface area contributed by atoms with E-state index in [0.29, 0.717) is 24.3 Å². The number of hydrogen-bond donors (Lipinski definition) is 1. The topological polar surface area (TPSA) is 96.2 Å². The number of rotatable bonds is 4. The Morgan fingerprint density at radius 2 is 2.31 bits per heavy atom. The number of nitrogens with zero attached hydrogens (tertiary/aromatic N) is 3. The van der Waals surface area contributed by atoms with Crippen molar-refractivity contribution >= 4 is 17.1 Å². The summed E-state index contributed by atoms with van der Waals surface area (Å²) in [6.45, 7) is 0.540. The monoisotopic (exact) mass is 220 g/mol.